The molecule has 0 saturated heterocycles. The summed E-state index contributed by atoms with van der Waals surface area (Å²) in [6, 6.07) is -1.22. The van der Waals surface area contributed by atoms with Crippen molar-refractivity contribution >= 4 is 6.29 Å². The summed E-state index contributed by atoms with van der Waals surface area (Å²) in [5.41, 5.74) is 5.18. The highest BCUT2D eigenvalue weighted by Crippen LogP contribution is 2.09. The van der Waals surface area contributed by atoms with Crippen molar-refractivity contribution in [3.8, 4) is 0 Å². The van der Waals surface area contributed by atoms with E-state index >= 15 is 0 Å². The van der Waals surface area contributed by atoms with E-state index in [9.17, 15) is 20.1 Å². The molecule has 0 rings (SSSR count). The Hall–Kier alpha value is -0.610. The zero-order chi connectivity index (χ0) is 12.9. The van der Waals surface area contributed by atoms with E-state index in [4.69, 9.17) is 21.1 Å². The molecule has 8 N–H and O–H groups in total. The predicted octanol–water partition coefficient (Wildman–Crippen LogP) is -4.69. The van der Waals surface area contributed by atoms with Crippen LogP contribution in [0.5, 0.6) is 0 Å². The molecule has 96 valence electrons. The largest absolute Gasteiger partial charge is 0.395 e. The number of hydrogen-bond donors (Lipinski definition) is 7. The highest BCUT2D eigenvalue weighted by atomic mass is 16.4. The quantitative estimate of drug-likeness (QED) is 0.218. The second kappa shape index (κ2) is 6.86. The monoisotopic (exact) mass is 239 g/mol. The lowest BCUT2D eigenvalue weighted by molar-refractivity contribution is -0.147. The van der Waals surface area contributed by atoms with Gasteiger partial charge in [0, 0.05) is 0 Å². The number of nitrogens with two attached hydrogens (primary N) is 1. The van der Waals surface area contributed by atoms with E-state index in [2.05, 4.69) is 0 Å². The third-order valence-electron chi connectivity index (χ3n) is 2.19. The number of hydrogen-bond acceptors (Lipinski definition) is 8. The Bertz CT molecular complexity index is 215. The summed E-state index contributed by atoms with van der Waals surface area (Å²) in [4.78, 5) is 10.1. The lowest BCUT2D eigenvalue weighted by Crippen LogP contribution is -2.55. The van der Waals surface area contributed by atoms with E-state index < -0.39 is 43.2 Å². The summed E-state index contributed by atoms with van der Waals surface area (Å²) in [6.07, 6.45) is -9.43. The summed E-state index contributed by atoms with van der Waals surface area (Å²) in [7, 11) is 0. The fourth-order valence-corrected chi connectivity index (χ4v) is 1.05. The standard InChI is InChI=1S/C8H17NO7/c9-3(1-10)5(13)7(15)8(16)6(14)4(12)2-11/h2-8,10,12-16H,1,9H2/t3-,4-,5+,6-,7-,8-/m0/s1. The van der Waals surface area contributed by atoms with Crippen molar-refractivity contribution in [2.45, 2.75) is 36.6 Å². The molecule has 16 heavy (non-hydrogen) atoms. The molecule has 0 spiro atoms. The Balaban J connectivity index is 4.47. The van der Waals surface area contributed by atoms with Crippen molar-refractivity contribution in [1.82, 2.24) is 0 Å². The van der Waals surface area contributed by atoms with Crippen LogP contribution in [-0.2, 0) is 4.79 Å². The Kier molecular flexibility index (Phi) is 6.60. The van der Waals surface area contributed by atoms with Crippen LogP contribution in [0.3, 0.4) is 0 Å². The first-order valence-electron chi connectivity index (χ1n) is 4.58. The van der Waals surface area contributed by atoms with Crippen LogP contribution < -0.4 is 5.73 Å². The molecular formula is C8H17NO7. The van der Waals surface area contributed by atoms with E-state index in [1.54, 1.807) is 0 Å². The molecule has 0 bridgehead atoms. The number of aldehydes is 1. The van der Waals surface area contributed by atoms with Crippen molar-refractivity contribution in [3.63, 3.8) is 0 Å². The van der Waals surface area contributed by atoms with Gasteiger partial charge in [-0.15, -0.1) is 0 Å². The highest BCUT2D eigenvalue weighted by Gasteiger charge is 2.36. The molecule has 0 radical (unpaired) electrons. The normalized spacial score (nSPS) is 22.9. The van der Waals surface area contributed by atoms with Crippen LogP contribution >= 0.6 is 0 Å². The average molecular weight is 239 g/mol. The van der Waals surface area contributed by atoms with Gasteiger partial charge in [-0.1, -0.05) is 0 Å². The molecule has 0 aliphatic rings. The third kappa shape index (κ3) is 3.76. The molecule has 0 aromatic heterocycles. The smallest absolute Gasteiger partial charge is 0.151 e. The van der Waals surface area contributed by atoms with Gasteiger partial charge in [0.15, 0.2) is 6.29 Å². The van der Waals surface area contributed by atoms with Crippen molar-refractivity contribution < 1.29 is 35.4 Å². The predicted molar refractivity (Wildman–Crippen MR) is 51.2 cm³/mol. The zero-order valence-corrected chi connectivity index (χ0v) is 8.42. The minimum atomic E-state index is -1.96. The average Bonchev–Trinajstić information content (AvgIpc) is 2.32. The fraction of sp³-hybridized carbons (Fsp3) is 0.875. The SMILES string of the molecule is N[C@@H](CO)[C@@H](O)[C@H](O)[C@@H](O)[C@@H](O)[C@@H](O)C=O. The van der Waals surface area contributed by atoms with E-state index in [1.165, 1.54) is 0 Å². The number of aliphatic hydroxyl groups excluding tert-OH is 6. The van der Waals surface area contributed by atoms with Crippen LogP contribution in [0.1, 0.15) is 0 Å². The van der Waals surface area contributed by atoms with Gasteiger partial charge in [0.05, 0.1) is 18.8 Å². The van der Waals surface area contributed by atoms with Gasteiger partial charge in [0.1, 0.15) is 24.4 Å². The van der Waals surface area contributed by atoms with Gasteiger partial charge >= 0.3 is 0 Å². The highest BCUT2D eigenvalue weighted by molar-refractivity contribution is 5.56. The van der Waals surface area contributed by atoms with Crippen LogP contribution in [-0.4, -0.2) is 80.1 Å². The van der Waals surface area contributed by atoms with Crippen LogP contribution in [0.25, 0.3) is 0 Å². The summed E-state index contributed by atoms with van der Waals surface area (Å²) >= 11 is 0. The van der Waals surface area contributed by atoms with Crippen molar-refractivity contribution in [1.29, 1.82) is 0 Å². The Morgan fingerprint density at radius 2 is 1.38 bits per heavy atom. The molecule has 0 aromatic carbocycles. The fourth-order valence-electron chi connectivity index (χ4n) is 1.05. The molecule has 0 saturated carbocycles. The second-order valence-corrected chi connectivity index (χ2v) is 3.44. The summed E-state index contributed by atoms with van der Waals surface area (Å²) in [5, 5.41) is 54.5. The molecular weight excluding hydrogens is 222 g/mol. The molecule has 0 amide bonds. The Morgan fingerprint density at radius 1 is 0.938 bits per heavy atom. The van der Waals surface area contributed by atoms with Gasteiger partial charge in [-0.3, -0.25) is 0 Å². The summed E-state index contributed by atoms with van der Waals surface area (Å²) in [6.45, 7) is -0.642. The second-order valence-electron chi connectivity index (χ2n) is 3.44. The first-order chi connectivity index (χ1) is 7.36. The first kappa shape index (κ1) is 15.4. The lowest BCUT2D eigenvalue weighted by atomic mass is 9.96. The van der Waals surface area contributed by atoms with Gasteiger partial charge < -0.3 is 41.2 Å². The molecule has 8 nitrogen and oxygen atoms in total. The van der Waals surface area contributed by atoms with E-state index in [1.807, 2.05) is 0 Å². The number of carbonyl (C=O) groups excluding carboxylic acids is 1. The lowest BCUT2D eigenvalue weighted by Gasteiger charge is -2.29. The van der Waals surface area contributed by atoms with Gasteiger partial charge in [0.25, 0.3) is 0 Å². The maximum absolute atomic E-state index is 10.1. The minimum absolute atomic E-state index is 0.0288. The number of aliphatic hydroxyl groups is 6. The van der Waals surface area contributed by atoms with Crippen molar-refractivity contribution in [3.05, 3.63) is 0 Å². The van der Waals surface area contributed by atoms with Crippen molar-refractivity contribution in [2.24, 2.45) is 5.73 Å². The van der Waals surface area contributed by atoms with Gasteiger partial charge in [-0.2, -0.15) is 0 Å². The molecule has 6 atom stereocenters. The first-order valence-corrected chi connectivity index (χ1v) is 4.58. The number of carbonyl (C=O) groups is 1. The van der Waals surface area contributed by atoms with Crippen LogP contribution in [0, 0.1) is 0 Å². The Labute approximate surface area is 91.6 Å². The maximum Gasteiger partial charge on any atom is 0.151 e. The van der Waals surface area contributed by atoms with E-state index in [0.29, 0.717) is 0 Å². The molecule has 0 aliphatic heterocycles. The maximum atomic E-state index is 10.1. The molecule has 0 fully saturated rings. The van der Waals surface area contributed by atoms with E-state index in [0.717, 1.165) is 0 Å². The Morgan fingerprint density at radius 3 is 1.75 bits per heavy atom. The van der Waals surface area contributed by atoms with Crippen molar-refractivity contribution in [2.75, 3.05) is 6.61 Å². The van der Waals surface area contributed by atoms with Gasteiger partial charge in [-0.05, 0) is 0 Å². The minimum Gasteiger partial charge on any atom is -0.395 e. The summed E-state index contributed by atoms with van der Waals surface area (Å²) in [5.74, 6) is 0. The van der Waals surface area contributed by atoms with Crippen LogP contribution in [0.15, 0.2) is 0 Å². The third-order valence-corrected chi connectivity index (χ3v) is 2.19. The molecule has 0 aromatic rings. The topological polar surface area (TPSA) is 164 Å². The molecule has 0 heterocycles. The zero-order valence-electron chi connectivity index (χ0n) is 8.42. The van der Waals surface area contributed by atoms with Gasteiger partial charge in [0.2, 0.25) is 0 Å². The van der Waals surface area contributed by atoms with Gasteiger partial charge in [-0.25, -0.2) is 0 Å². The number of rotatable bonds is 7. The molecule has 0 unspecified atom stereocenters. The molecule has 0 aliphatic carbocycles. The van der Waals surface area contributed by atoms with E-state index in [-0.39, 0.29) is 6.29 Å². The molecule has 8 heteroatoms. The van der Waals surface area contributed by atoms with Crippen LogP contribution in [0.2, 0.25) is 0 Å². The van der Waals surface area contributed by atoms with Crippen LogP contribution in [0.4, 0.5) is 0 Å². The summed E-state index contributed by atoms with van der Waals surface area (Å²) < 4.78 is 0.